The number of sulfone groups is 1. The maximum absolute atomic E-state index is 14.1. The topological polar surface area (TPSA) is 71.5 Å². The van der Waals surface area contributed by atoms with E-state index in [9.17, 15) is 21.2 Å². The first-order chi connectivity index (χ1) is 12.2. The molecule has 0 bridgehead atoms. The minimum atomic E-state index is -3.85. The van der Waals surface area contributed by atoms with Gasteiger partial charge >= 0.3 is 0 Å². The SMILES string of the molecule is O=S1(=O)CCN(S(=O)(=O)c2ccc(Cl)cc2)CCC1c1ccccc1F. The summed E-state index contributed by atoms with van der Waals surface area (Å²) in [6, 6.07) is 11.4. The van der Waals surface area contributed by atoms with Gasteiger partial charge in [0.15, 0.2) is 9.84 Å². The van der Waals surface area contributed by atoms with Gasteiger partial charge in [0.2, 0.25) is 10.0 Å². The number of hydrogen-bond donors (Lipinski definition) is 0. The van der Waals surface area contributed by atoms with Gasteiger partial charge in [0.1, 0.15) is 5.82 Å². The van der Waals surface area contributed by atoms with Crippen LogP contribution in [0, 0.1) is 5.82 Å². The minimum absolute atomic E-state index is 0.00388. The molecule has 1 fully saturated rings. The Bertz CT molecular complexity index is 1010. The summed E-state index contributed by atoms with van der Waals surface area (Å²) in [5.74, 6) is -0.964. The number of nitrogens with zero attached hydrogens (tertiary/aromatic N) is 1. The summed E-state index contributed by atoms with van der Waals surface area (Å²) in [5, 5.41) is -0.656. The molecule has 2 aromatic carbocycles. The van der Waals surface area contributed by atoms with Crippen molar-refractivity contribution in [2.75, 3.05) is 18.8 Å². The summed E-state index contributed by atoms with van der Waals surface area (Å²) in [7, 11) is -7.54. The van der Waals surface area contributed by atoms with Crippen molar-refractivity contribution in [3.8, 4) is 0 Å². The Morgan fingerprint density at radius 3 is 2.35 bits per heavy atom. The van der Waals surface area contributed by atoms with Crippen LogP contribution >= 0.6 is 11.6 Å². The molecule has 1 heterocycles. The van der Waals surface area contributed by atoms with Crippen LogP contribution in [0.4, 0.5) is 4.39 Å². The van der Waals surface area contributed by atoms with Crippen molar-refractivity contribution >= 4 is 31.5 Å². The number of hydrogen-bond acceptors (Lipinski definition) is 4. The molecule has 1 aliphatic heterocycles. The molecule has 0 aliphatic carbocycles. The fourth-order valence-electron chi connectivity index (χ4n) is 3.01. The summed E-state index contributed by atoms with van der Waals surface area (Å²) in [6.45, 7) is -0.179. The number of halogens is 2. The van der Waals surface area contributed by atoms with Gasteiger partial charge in [0.25, 0.3) is 0 Å². The standard InChI is InChI=1S/C17H17ClFNO4S2/c18-13-5-7-14(8-6-13)26(23,24)20-10-9-17(25(21,22)12-11-20)15-3-1-2-4-16(15)19/h1-8,17H,9-12H2. The van der Waals surface area contributed by atoms with Crippen LogP contribution in [-0.2, 0) is 19.9 Å². The fraction of sp³-hybridized carbons (Fsp3) is 0.294. The van der Waals surface area contributed by atoms with E-state index in [2.05, 4.69) is 0 Å². The summed E-state index contributed by atoms with van der Waals surface area (Å²) in [5.41, 5.74) is 0.0817. The van der Waals surface area contributed by atoms with E-state index in [1.165, 1.54) is 42.5 Å². The van der Waals surface area contributed by atoms with E-state index in [0.717, 1.165) is 4.31 Å². The third-order valence-corrected chi connectivity index (χ3v) is 8.68. The number of rotatable bonds is 3. The van der Waals surface area contributed by atoms with Gasteiger partial charge in [-0.25, -0.2) is 21.2 Å². The Morgan fingerprint density at radius 1 is 1.04 bits per heavy atom. The van der Waals surface area contributed by atoms with Gasteiger partial charge in [-0.15, -0.1) is 0 Å². The van der Waals surface area contributed by atoms with Crippen LogP contribution in [0.15, 0.2) is 53.4 Å². The largest absolute Gasteiger partial charge is 0.243 e. The van der Waals surface area contributed by atoms with Crippen molar-refractivity contribution in [2.45, 2.75) is 16.6 Å². The second-order valence-electron chi connectivity index (χ2n) is 6.02. The summed E-state index contributed by atoms with van der Waals surface area (Å²) >= 11 is 5.79. The molecule has 1 saturated heterocycles. The molecule has 9 heteroatoms. The van der Waals surface area contributed by atoms with Crippen LogP contribution in [-0.4, -0.2) is 40.0 Å². The molecule has 0 aromatic heterocycles. The molecule has 2 aromatic rings. The zero-order valence-corrected chi connectivity index (χ0v) is 16.1. The molecule has 0 spiro atoms. The average molecular weight is 418 g/mol. The lowest BCUT2D eigenvalue weighted by molar-refractivity contribution is 0.427. The molecule has 0 amide bonds. The van der Waals surface area contributed by atoms with Crippen molar-refractivity contribution < 1.29 is 21.2 Å². The predicted octanol–water partition coefficient (Wildman–Crippen LogP) is 3.03. The Labute approximate surface area is 157 Å². The van der Waals surface area contributed by atoms with Gasteiger partial charge in [-0.3, -0.25) is 0 Å². The van der Waals surface area contributed by atoms with Gasteiger partial charge < -0.3 is 0 Å². The maximum Gasteiger partial charge on any atom is 0.243 e. The van der Waals surface area contributed by atoms with E-state index in [0.29, 0.717) is 5.02 Å². The number of sulfonamides is 1. The predicted molar refractivity (Wildman–Crippen MR) is 97.8 cm³/mol. The number of benzene rings is 2. The molecule has 0 N–H and O–H groups in total. The van der Waals surface area contributed by atoms with Crippen molar-refractivity contribution in [3.05, 3.63) is 64.9 Å². The minimum Gasteiger partial charge on any atom is -0.228 e. The Morgan fingerprint density at radius 2 is 1.69 bits per heavy atom. The van der Waals surface area contributed by atoms with E-state index in [1.807, 2.05) is 0 Å². The van der Waals surface area contributed by atoms with Crippen molar-refractivity contribution in [1.29, 1.82) is 0 Å². The normalized spacial score (nSPS) is 21.2. The average Bonchev–Trinajstić information content (AvgIpc) is 2.74. The highest BCUT2D eigenvalue weighted by molar-refractivity contribution is 7.92. The van der Waals surface area contributed by atoms with Crippen molar-refractivity contribution in [2.24, 2.45) is 0 Å². The zero-order valence-electron chi connectivity index (χ0n) is 13.7. The molecular formula is C17H17ClFNO4S2. The highest BCUT2D eigenvalue weighted by Gasteiger charge is 2.36. The third-order valence-electron chi connectivity index (χ3n) is 4.40. The van der Waals surface area contributed by atoms with Gasteiger partial charge in [-0.2, -0.15) is 4.31 Å². The first-order valence-electron chi connectivity index (χ1n) is 7.93. The van der Waals surface area contributed by atoms with Crippen LogP contribution in [0.3, 0.4) is 0 Å². The van der Waals surface area contributed by atoms with Gasteiger partial charge in [0, 0.05) is 23.7 Å². The molecule has 1 aliphatic rings. The van der Waals surface area contributed by atoms with E-state index in [-0.39, 0.29) is 35.7 Å². The van der Waals surface area contributed by atoms with Gasteiger partial charge in [-0.05, 0) is 36.8 Å². The highest BCUT2D eigenvalue weighted by atomic mass is 35.5. The molecular weight excluding hydrogens is 401 g/mol. The molecule has 1 unspecified atom stereocenters. The quantitative estimate of drug-likeness (QED) is 0.769. The Kier molecular flexibility index (Phi) is 5.39. The summed E-state index contributed by atoms with van der Waals surface area (Å²) < 4.78 is 66.0. The smallest absolute Gasteiger partial charge is 0.228 e. The van der Waals surface area contributed by atoms with E-state index < -0.39 is 30.9 Å². The van der Waals surface area contributed by atoms with E-state index in [1.54, 1.807) is 6.07 Å². The molecule has 1 atom stereocenters. The van der Waals surface area contributed by atoms with Crippen LogP contribution in [0.5, 0.6) is 0 Å². The first-order valence-corrected chi connectivity index (χ1v) is 11.5. The fourth-order valence-corrected chi connectivity index (χ4v) is 6.50. The van der Waals surface area contributed by atoms with Crippen molar-refractivity contribution in [1.82, 2.24) is 4.31 Å². The first kappa shape index (κ1) is 19.3. The van der Waals surface area contributed by atoms with Crippen LogP contribution in [0.1, 0.15) is 17.2 Å². The molecule has 140 valence electrons. The maximum atomic E-state index is 14.1. The summed E-state index contributed by atoms with van der Waals surface area (Å²) in [6.07, 6.45) is -0.00388. The second kappa shape index (κ2) is 7.26. The van der Waals surface area contributed by atoms with Crippen LogP contribution in [0.25, 0.3) is 0 Å². The van der Waals surface area contributed by atoms with E-state index >= 15 is 0 Å². The molecule has 0 saturated carbocycles. The monoisotopic (exact) mass is 417 g/mol. The molecule has 0 radical (unpaired) electrons. The molecule has 26 heavy (non-hydrogen) atoms. The van der Waals surface area contributed by atoms with Crippen LogP contribution < -0.4 is 0 Å². The third kappa shape index (κ3) is 3.78. The highest BCUT2D eigenvalue weighted by Crippen LogP contribution is 2.32. The zero-order chi connectivity index (χ0) is 18.9. The van der Waals surface area contributed by atoms with Crippen molar-refractivity contribution in [3.63, 3.8) is 0 Å². The molecule has 5 nitrogen and oxygen atoms in total. The van der Waals surface area contributed by atoms with Gasteiger partial charge in [0.05, 0.1) is 15.9 Å². The van der Waals surface area contributed by atoms with Crippen LogP contribution in [0.2, 0.25) is 5.02 Å². The van der Waals surface area contributed by atoms with E-state index in [4.69, 9.17) is 11.6 Å². The lowest BCUT2D eigenvalue weighted by Crippen LogP contribution is -2.33. The second-order valence-corrected chi connectivity index (χ2v) is 10.7. The Hall–Kier alpha value is -1.48. The lowest BCUT2D eigenvalue weighted by Gasteiger charge is -2.19. The Balaban J connectivity index is 1.91. The lowest BCUT2D eigenvalue weighted by atomic mass is 10.1. The summed E-state index contributed by atoms with van der Waals surface area (Å²) in [4.78, 5) is 0.0450. The van der Waals surface area contributed by atoms with Gasteiger partial charge in [-0.1, -0.05) is 29.8 Å². The molecule has 3 rings (SSSR count).